The first-order valence-corrected chi connectivity index (χ1v) is 13.3. The molecule has 0 aliphatic heterocycles. The van der Waals surface area contributed by atoms with E-state index in [0.717, 1.165) is 36.1 Å². The second-order valence-corrected chi connectivity index (χ2v) is 10.7. The number of rotatable bonds is 8. The lowest BCUT2D eigenvalue weighted by molar-refractivity contribution is 0.0691. The summed E-state index contributed by atoms with van der Waals surface area (Å²) >= 11 is 7.31. The van der Waals surface area contributed by atoms with Crippen LogP contribution in [0.1, 0.15) is 40.2 Å². The Kier molecular flexibility index (Phi) is 6.54. The predicted octanol–water partition coefficient (Wildman–Crippen LogP) is 5.01. The summed E-state index contributed by atoms with van der Waals surface area (Å²) in [5.41, 5.74) is 3.96. The molecule has 0 spiro atoms. The highest BCUT2D eigenvalue weighted by Gasteiger charge is 2.29. The minimum absolute atomic E-state index is 0.0418. The molecule has 1 saturated carbocycles. The van der Waals surface area contributed by atoms with Crippen molar-refractivity contribution in [2.45, 2.75) is 30.6 Å². The van der Waals surface area contributed by atoms with Gasteiger partial charge in [-0.3, -0.25) is 0 Å². The van der Waals surface area contributed by atoms with Crippen molar-refractivity contribution in [3.05, 3.63) is 81.2 Å². The van der Waals surface area contributed by atoms with Crippen molar-refractivity contribution < 1.29 is 18.5 Å². The van der Waals surface area contributed by atoms with Crippen LogP contribution in [0.5, 0.6) is 0 Å². The fourth-order valence-corrected chi connectivity index (χ4v) is 5.31. The molecule has 2 aromatic carbocycles. The quantitative estimate of drug-likeness (QED) is 0.332. The van der Waals surface area contributed by atoms with Crippen molar-refractivity contribution in [3.63, 3.8) is 0 Å². The summed E-state index contributed by atoms with van der Waals surface area (Å²) in [6.45, 7) is 0. The van der Waals surface area contributed by atoms with E-state index >= 15 is 0 Å². The maximum Gasteiger partial charge on any atom is 0.355 e. The zero-order valence-electron chi connectivity index (χ0n) is 18.3. The Morgan fingerprint density at radius 3 is 2.60 bits per heavy atom. The second kappa shape index (κ2) is 9.62. The van der Waals surface area contributed by atoms with Gasteiger partial charge in [0.05, 0.1) is 16.3 Å². The smallest absolute Gasteiger partial charge is 0.355 e. The number of carbonyl (C=O) groups is 1. The molecule has 0 saturated heterocycles. The predicted molar refractivity (Wildman–Crippen MR) is 133 cm³/mol. The summed E-state index contributed by atoms with van der Waals surface area (Å²) < 4.78 is 27.9. The van der Waals surface area contributed by atoms with Gasteiger partial charge in [0.2, 0.25) is 5.13 Å². The summed E-state index contributed by atoms with van der Waals surface area (Å²) in [5, 5.41) is 22.1. The highest BCUT2D eigenvalue weighted by atomic mass is 35.5. The van der Waals surface area contributed by atoms with Crippen LogP contribution in [0.2, 0.25) is 5.02 Å². The van der Waals surface area contributed by atoms with Crippen LogP contribution in [0.3, 0.4) is 0 Å². The monoisotopic (exact) mass is 530 g/mol. The topological polar surface area (TPSA) is 111 Å². The Labute approximate surface area is 212 Å². The molecule has 0 bridgehead atoms. The van der Waals surface area contributed by atoms with Gasteiger partial charge in [-0.1, -0.05) is 29.8 Å². The third kappa shape index (κ3) is 5.06. The summed E-state index contributed by atoms with van der Waals surface area (Å²) in [6, 6.07) is 11.8. The van der Waals surface area contributed by atoms with Gasteiger partial charge in [-0.05, 0) is 55.0 Å². The molecule has 7 nitrogen and oxygen atoms in total. The maximum absolute atomic E-state index is 14.6. The summed E-state index contributed by atoms with van der Waals surface area (Å²) in [4.78, 5) is 15.7. The van der Waals surface area contributed by atoms with E-state index in [9.17, 15) is 18.5 Å². The van der Waals surface area contributed by atoms with Gasteiger partial charge in [-0.2, -0.15) is 5.10 Å². The van der Waals surface area contributed by atoms with Gasteiger partial charge in [0.15, 0.2) is 5.69 Å². The maximum atomic E-state index is 14.6. The van der Waals surface area contributed by atoms with Gasteiger partial charge in [-0.25, -0.2) is 28.2 Å². The van der Waals surface area contributed by atoms with E-state index in [2.05, 4.69) is 4.98 Å². The first-order valence-electron chi connectivity index (χ1n) is 10.8. The molecule has 4 aromatic rings. The number of halogens is 2. The Morgan fingerprint density at radius 2 is 2.00 bits per heavy atom. The van der Waals surface area contributed by atoms with Crippen LogP contribution in [0, 0.1) is 11.7 Å². The molecule has 2 aromatic heterocycles. The van der Waals surface area contributed by atoms with E-state index in [1.54, 1.807) is 22.9 Å². The van der Waals surface area contributed by atoms with Gasteiger partial charge < -0.3 is 5.11 Å². The minimum Gasteiger partial charge on any atom is -0.476 e. The second-order valence-electron chi connectivity index (χ2n) is 8.40. The summed E-state index contributed by atoms with van der Waals surface area (Å²) in [5.74, 6) is -1.23. The van der Waals surface area contributed by atoms with Gasteiger partial charge in [0.25, 0.3) is 0 Å². The highest BCUT2D eigenvalue weighted by molar-refractivity contribution is 7.82. The van der Waals surface area contributed by atoms with Crippen molar-refractivity contribution in [1.82, 2.24) is 14.8 Å². The Balaban J connectivity index is 1.66. The molecular formula is C24H20ClFN4O3S2. The molecule has 11 heteroatoms. The first kappa shape index (κ1) is 23.8. The van der Waals surface area contributed by atoms with Crippen LogP contribution in [-0.4, -0.2) is 30.0 Å². The number of aromatic carboxylic acids is 1. The average molecular weight is 531 g/mol. The van der Waals surface area contributed by atoms with Crippen LogP contribution >= 0.6 is 22.9 Å². The largest absolute Gasteiger partial charge is 0.476 e. The number of thiazole rings is 1. The molecule has 5 rings (SSSR count). The Bertz CT molecular complexity index is 1450. The number of aromatic nitrogens is 3. The van der Waals surface area contributed by atoms with Crippen LogP contribution in [0.4, 0.5) is 4.39 Å². The highest BCUT2D eigenvalue weighted by Crippen LogP contribution is 2.38. The van der Waals surface area contributed by atoms with Gasteiger partial charge in [0.1, 0.15) is 16.8 Å². The molecule has 1 aliphatic carbocycles. The summed E-state index contributed by atoms with van der Waals surface area (Å²) in [6.07, 6.45) is 3.31. The van der Waals surface area contributed by atoms with Gasteiger partial charge in [0, 0.05) is 28.0 Å². The van der Waals surface area contributed by atoms with Crippen LogP contribution in [0.25, 0.3) is 16.4 Å². The fourth-order valence-electron chi connectivity index (χ4n) is 3.96. The molecule has 3 N–H and O–H groups in total. The number of benzene rings is 2. The van der Waals surface area contributed by atoms with Crippen molar-refractivity contribution in [2.24, 2.45) is 11.1 Å². The lowest BCUT2D eigenvalue weighted by Gasteiger charge is -2.09. The fraction of sp³-hybridized carbons (Fsp3) is 0.208. The van der Waals surface area contributed by atoms with E-state index in [-0.39, 0.29) is 10.6 Å². The molecule has 1 fully saturated rings. The third-order valence-corrected chi connectivity index (χ3v) is 7.71. The molecule has 35 heavy (non-hydrogen) atoms. The SMILES string of the molecule is NS(=O)c1ccc(Cc2c(-c3ccc(Cl)cc3)nn(-c3nc(C(=O)O)cs3)c2CC2CC2)cc1F. The lowest BCUT2D eigenvalue weighted by Crippen LogP contribution is -2.07. The normalized spacial score (nSPS) is 14.3. The minimum atomic E-state index is -1.92. The molecule has 0 radical (unpaired) electrons. The number of carboxylic acid groups (broad SMARTS) is 1. The molecular weight excluding hydrogens is 511 g/mol. The van der Waals surface area contributed by atoms with E-state index in [0.29, 0.717) is 33.8 Å². The lowest BCUT2D eigenvalue weighted by atomic mass is 9.97. The number of hydrogen-bond acceptors (Lipinski definition) is 5. The zero-order chi connectivity index (χ0) is 24.7. The average Bonchev–Trinajstić information content (AvgIpc) is 3.37. The van der Waals surface area contributed by atoms with Crippen molar-refractivity contribution in [2.75, 3.05) is 0 Å². The van der Waals surface area contributed by atoms with Gasteiger partial charge in [-0.15, -0.1) is 11.3 Å². The molecule has 180 valence electrons. The van der Waals surface area contributed by atoms with Gasteiger partial charge >= 0.3 is 5.97 Å². The first-order chi connectivity index (χ1) is 16.8. The third-order valence-electron chi connectivity index (χ3n) is 5.87. The summed E-state index contributed by atoms with van der Waals surface area (Å²) in [7, 11) is -1.92. The Hall–Kier alpha value is -2.92. The van der Waals surface area contributed by atoms with Crippen LogP contribution in [0.15, 0.2) is 52.7 Å². The molecule has 2 heterocycles. The number of hydrogen-bond donors (Lipinski definition) is 2. The van der Waals surface area contributed by atoms with E-state index in [1.165, 1.54) is 28.8 Å². The number of carboxylic acids is 1. The van der Waals surface area contributed by atoms with Crippen molar-refractivity contribution in [3.8, 4) is 16.4 Å². The zero-order valence-corrected chi connectivity index (χ0v) is 20.7. The Morgan fingerprint density at radius 1 is 1.26 bits per heavy atom. The van der Waals surface area contributed by atoms with E-state index < -0.39 is 22.8 Å². The standard InChI is InChI=1S/C24H20ClFN4O3S2/c25-16-6-4-15(5-7-16)22-17(9-14-3-8-21(35(27)33)18(26)10-14)20(11-13-1-2-13)30(29-22)24-28-19(12-34-24)23(31)32/h3-8,10,12-13H,1-2,9,11,27H2,(H,31,32). The molecule has 1 atom stereocenters. The number of nitrogens with zero attached hydrogens (tertiary/aromatic N) is 3. The van der Waals surface area contributed by atoms with Crippen LogP contribution < -0.4 is 5.14 Å². The molecule has 0 amide bonds. The molecule has 1 unspecified atom stereocenters. The number of nitrogens with two attached hydrogens (primary N) is 1. The van der Waals surface area contributed by atoms with Crippen molar-refractivity contribution >= 4 is 39.9 Å². The van der Waals surface area contributed by atoms with Crippen molar-refractivity contribution in [1.29, 1.82) is 0 Å². The van der Waals surface area contributed by atoms with Crippen LogP contribution in [-0.2, 0) is 23.8 Å². The molecule has 1 aliphatic rings. The van der Waals surface area contributed by atoms with E-state index in [4.69, 9.17) is 21.8 Å². The van der Waals surface area contributed by atoms with E-state index in [1.807, 2.05) is 12.1 Å².